The largest absolute Gasteiger partial charge is 0.417 e. The molecule has 18 heavy (non-hydrogen) atoms. The van der Waals surface area contributed by atoms with Crippen molar-refractivity contribution in [3.8, 4) is 0 Å². The number of nitrogens with one attached hydrogen (secondary N) is 1. The van der Waals surface area contributed by atoms with E-state index >= 15 is 0 Å². The molecular formula is C12H15ClF3NS. The SMILES string of the molecule is CCSCCCNc1ccc(Cl)c(C(F)(F)F)c1. The van der Waals surface area contributed by atoms with Gasteiger partial charge in [-0.1, -0.05) is 18.5 Å². The van der Waals surface area contributed by atoms with Crippen LogP contribution < -0.4 is 5.32 Å². The second-order valence-electron chi connectivity index (χ2n) is 3.67. The van der Waals surface area contributed by atoms with E-state index in [0.717, 1.165) is 24.0 Å². The molecule has 0 saturated carbocycles. The zero-order valence-corrected chi connectivity index (χ0v) is 11.6. The average molecular weight is 298 g/mol. The highest BCUT2D eigenvalue weighted by Crippen LogP contribution is 2.36. The fraction of sp³-hybridized carbons (Fsp3) is 0.500. The monoisotopic (exact) mass is 297 g/mol. The summed E-state index contributed by atoms with van der Waals surface area (Å²) in [4.78, 5) is 0. The van der Waals surface area contributed by atoms with Crippen LogP contribution in [0, 0.1) is 0 Å². The molecule has 0 amide bonds. The van der Waals surface area contributed by atoms with Gasteiger partial charge in [0.05, 0.1) is 10.6 Å². The van der Waals surface area contributed by atoms with Gasteiger partial charge in [0.15, 0.2) is 0 Å². The molecule has 0 radical (unpaired) electrons. The van der Waals surface area contributed by atoms with Crippen LogP contribution in [-0.4, -0.2) is 18.1 Å². The Morgan fingerprint density at radius 2 is 2.06 bits per heavy atom. The molecule has 0 saturated heterocycles. The van der Waals surface area contributed by atoms with Gasteiger partial charge in [0.2, 0.25) is 0 Å². The molecule has 0 atom stereocenters. The van der Waals surface area contributed by atoms with Crippen molar-refractivity contribution in [2.24, 2.45) is 0 Å². The number of anilines is 1. The van der Waals surface area contributed by atoms with Gasteiger partial charge in [0, 0.05) is 12.2 Å². The highest BCUT2D eigenvalue weighted by atomic mass is 35.5. The van der Waals surface area contributed by atoms with Crippen molar-refractivity contribution in [2.75, 3.05) is 23.4 Å². The first-order chi connectivity index (χ1) is 8.45. The Kier molecular flexibility index (Phi) is 6.15. The Bertz CT molecular complexity index is 382. The third-order valence-corrected chi connectivity index (χ3v) is 3.59. The van der Waals surface area contributed by atoms with Crippen molar-refractivity contribution >= 4 is 29.1 Å². The quantitative estimate of drug-likeness (QED) is 0.748. The summed E-state index contributed by atoms with van der Waals surface area (Å²) < 4.78 is 37.8. The Morgan fingerprint density at radius 3 is 2.67 bits per heavy atom. The lowest BCUT2D eigenvalue weighted by Gasteiger charge is -2.12. The van der Waals surface area contributed by atoms with Crippen LogP contribution in [0.1, 0.15) is 18.9 Å². The highest BCUT2D eigenvalue weighted by molar-refractivity contribution is 7.99. The van der Waals surface area contributed by atoms with Crippen LogP contribution in [0.3, 0.4) is 0 Å². The van der Waals surface area contributed by atoms with Gasteiger partial charge in [-0.3, -0.25) is 0 Å². The van der Waals surface area contributed by atoms with Crippen LogP contribution in [0.25, 0.3) is 0 Å². The van der Waals surface area contributed by atoms with Crippen molar-refractivity contribution < 1.29 is 13.2 Å². The fourth-order valence-electron chi connectivity index (χ4n) is 1.40. The van der Waals surface area contributed by atoms with E-state index in [-0.39, 0.29) is 5.02 Å². The van der Waals surface area contributed by atoms with Crippen LogP contribution in [0.2, 0.25) is 5.02 Å². The number of halogens is 4. The van der Waals surface area contributed by atoms with E-state index in [1.165, 1.54) is 6.07 Å². The summed E-state index contributed by atoms with van der Waals surface area (Å²) >= 11 is 7.34. The van der Waals surface area contributed by atoms with Crippen LogP contribution in [0.5, 0.6) is 0 Å². The molecule has 0 spiro atoms. The van der Waals surface area contributed by atoms with Crippen LogP contribution in [0.15, 0.2) is 18.2 Å². The van der Waals surface area contributed by atoms with Gasteiger partial charge in [-0.15, -0.1) is 0 Å². The summed E-state index contributed by atoms with van der Waals surface area (Å²) in [5, 5.41) is 2.70. The number of hydrogen-bond acceptors (Lipinski definition) is 2. The van der Waals surface area contributed by atoms with Gasteiger partial charge in [-0.25, -0.2) is 0 Å². The van der Waals surface area contributed by atoms with Crippen molar-refractivity contribution in [3.05, 3.63) is 28.8 Å². The zero-order chi connectivity index (χ0) is 13.6. The molecule has 1 nitrogen and oxygen atoms in total. The number of hydrogen-bond donors (Lipinski definition) is 1. The predicted octanol–water partition coefficient (Wildman–Crippen LogP) is 4.91. The van der Waals surface area contributed by atoms with E-state index in [9.17, 15) is 13.2 Å². The summed E-state index contributed by atoms with van der Waals surface area (Å²) in [7, 11) is 0. The minimum Gasteiger partial charge on any atom is -0.385 e. The Labute approximate surface area is 114 Å². The third kappa shape index (κ3) is 4.98. The van der Waals surface area contributed by atoms with Gasteiger partial charge < -0.3 is 5.32 Å². The van der Waals surface area contributed by atoms with E-state index in [1.807, 2.05) is 11.8 Å². The Hall–Kier alpha value is -0.550. The minimum absolute atomic E-state index is 0.269. The number of thioether (sulfide) groups is 1. The smallest absolute Gasteiger partial charge is 0.385 e. The van der Waals surface area contributed by atoms with E-state index < -0.39 is 11.7 Å². The first-order valence-electron chi connectivity index (χ1n) is 5.63. The van der Waals surface area contributed by atoms with Gasteiger partial charge >= 0.3 is 6.18 Å². The first-order valence-corrected chi connectivity index (χ1v) is 7.16. The number of alkyl halides is 3. The van der Waals surface area contributed by atoms with E-state index in [4.69, 9.17) is 11.6 Å². The summed E-state index contributed by atoms with van der Waals surface area (Å²) in [5.74, 6) is 2.06. The van der Waals surface area contributed by atoms with Gasteiger partial charge in [-0.2, -0.15) is 24.9 Å². The molecule has 102 valence electrons. The molecule has 1 N–H and O–H groups in total. The lowest BCUT2D eigenvalue weighted by Crippen LogP contribution is -2.08. The second-order valence-corrected chi connectivity index (χ2v) is 5.47. The predicted molar refractivity (Wildman–Crippen MR) is 72.6 cm³/mol. The van der Waals surface area contributed by atoms with Gasteiger partial charge in [-0.05, 0) is 36.1 Å². The maximum Gasteiger partial charge on any atom is 0.417 e. The molecular weight excluding hydrogens is 283 g/mol. The van der Waals surface area contributed by atoms with Crippen molar-refractivity contribution in [3.63, 3.8) is 0 Å². The molecule has 0 aliphatic carbocycles. The number of benzene rings is 1. The lowest BCUT2D eigenvalue weighted by molar-refractivity contribution is -0.137. The molecule has 0 aliphatic heterocycles. The molecule has 6 heteroatoms. The van der Waals surface area contributed by atoms with E-state index in [2.05, 4.69) is 12.2 Å². The summed E-state index contributed by atoms with van der Waals surface area (Å²) in [6, 6.07) is 3.88. The minimum atomic E-state index is -4.41. The molecule has 1 rings (SSSR count). The molecule has 0 heterocycles. The van der Waals surface area contributed by atoms with Gasteiger partial charge in [0.1, 0.15) is 0 Å². The molecule has 0 aliphatic rings. The maximum atomic E-state index is 12.6. The summed E-state index contributed by atoms with van der Waals surface area (Å²) in [5.41, 5.74) is -0.342. The molecule has 0 fully saturated rings. The lowest BCUT2D eigenvalue weighted by atomic mass is 10.2. The van der Waals surface area contributed by atoms with Gasteiger partial charge in [0.25, 0.3) is 0 Å². The topological polar surface area (TPSA) is 12.0 Å². The zero-order valence-electron chi connectivity index (χ0n) is 9.98. The Balaban J connectivity index is 2.57. The molecule has 1 aromatic rings. The first kappa shape index (κ1) is 15.5. The second kappa shape index (κ2) is 7.14. The van der Waals surface area contributed by atoms with Crippen LogP contribution >= 0.6 is 23.4 Å². The third-order valence-electron chi connectivity index (χ3n) is 2.27. The highest BCUT2D eigenvalue weighted by Gasteiger charge is 2.33. The fourth-order valence-corrected chi connectivity index (χ4v) is 2.27. The van der Waals surface area contributed by atoms with Crippen molar-refractivity contribution in [2.45, 2.75) is 19.5 Å². The summed E-state index contributed by atoms with van der Waals surface area (Å²) in [6.07, 6.45) is -3.49. The normalized spacial score (nSPS) is 11.6. The molecule has 1 aromatic carbocycles. The molecule has 0 bridgehead atoms. The summed E-state index contributed by atoms with van der Waals surface area (Å²) in [6.45, 7) is 2.73. The van der Waals surface area contributed by atoms with Crippen LogP contribution in [-0.2, 0) is 6.18 Å². The van der Waals surface area contributed by atoms with E-state index in [0.29, 0.717) is 12.2 Å². The van der Waals surface area contributed by atoms with Crippen LogP contribution in [0.4, 0.5) is 18.9 Å². The Morgan fingerprint density at radius 1 is 1.33 bits per heavy atom. The maximum absolute atomic E-state index is 12.6. The number of rotatable bonds is 6. The standard InChI is InChI=1S/C12H15ClF3NS/c1-2-18-7-3-6-17-9-4-5-11(13)10(8-9)12(14,15)16/h4-5,8,17H,2-3,6-7H2,1H3. The molecule has 0 unspecified atom stereocenters. The molecule has 0 aromatic heterocycles. The van der Waals surface area contributed by atoms with E-state index in [1.54, 1.807) is 6.07 Å². The van der Waals surface area contributed by atoms with Crippen molar-refractivity contribution in [1.29, 1.82) is 0 Å². The average Bonchev–Trinajstić information content (AvgIpc) is 2.29. The van der Waals surface area contributed by atoms with Crippen molar-refractivity contribution in [1.82, 2.24) is 0 Å².